The van der Waals surface area contributed by atoms with Crippen LogP contribution in [0.4, 0.5) is 10.1 Å². The highest BCUT2D eigenvalue weighted by Crippen LogP contribution is 2.19. The molecule has 0 aliphatic carbocycles. The number of aromatic nitrogens is 2. The minimum absolute atomic E-state index is 0.0512. The van der Waals surface area contributed by atoms with Gasteiger partial charge < -0.3 is 15.2 Å². The highest BCUT2D eigenvalue weighted by Gasteiger charge is 2.14. The molecular formula is C25H23FN4O2. The summed E-state index contributed by atoms with van der Waals surface area (Å²) in [6.45, 7) is 4.75. The van der Waals surface area contributed by atoms with E-state index in [1.807, 2.05) is 38.1 Å². The number of nitrogens with zero attached hydrogens (tertiary/aromatic N) is 2. The molecule has 1 heterocycles. The normalized spacial score (nSPS) is 10.8. The van der Waals surface area contributed by atoms with Crippen LogP contribution in [0.15, 0.2) is 66.7 Å². The van der Waals surface area contributed by atoms with Crippen molar-refractivity contribution in [2.45, 2.75) is 20.4 Å². The van der Waals surface area contributed by atoms with E-state index in [1.54, 1.807) is 24.3 Å². The first-order valence-corrected chi connectivity index (χ1v) is 10.3. The first-order chi connectivity index (χ1) is 15.4. The van der Waals surface area contributed by atoms with Crippen molar-refractivity contribution >= 4 is 28.5 Å². The summed E-state index contributed by atoms with van der Waals surface area (Å²) in [5.41, 5.74) is 3.53. The van der Waals surface area contributed by atoms with Crippen molar-refractivity contribution in [2.24, 2.45) is 0 Å². The Balaban J connectivity index is 1.43. The summed E-state index contributed by atoms with van der Waals surface area (Å²) in [5, 5.41) is 5.61. The van der Waals surface area contributed by atoms with Crippen LogP contribution in [0.1, 0.15) is 32.1 Å². The SMILES string of the molecule is Cc1ccc(C(=O)NCCn2c(C)nc3ccccc32)cc1NC(=O)c1ccccc1F. The van der Waals surface area contributed by atoms with Gasteiger partial charge in [-0.15, -0.1) is 0 Å². The number of carbonyl (C=O) groups is 2. The highest BCUT2D eigenvalue weighted by molar-refractivity contribution is 6.05. The number of hydrogen-bond donors (Lipinski definition) is 2. The van der Waals surface area contributed by atoms with Crippen LogP contribution in [-0.2, 0) is 6.54 Å². The van der Waals surface area contributed by atoms with Gasteiger partial charge in [0.2, 0.25) is 0 Å². The molecule has 0 atom stereocenters. The van der Waals surface area contributed by atoms with Crippen LogP contribution in [0.3, 0.4) is 0 Å². The van der Waals surface area contributed by atoms with Crippen molar-refractivity contribution < 1.29 is 14.0 Å². The smallest absolute Gasteiger partial charge is 0.258 e. The number of benzene rings is 3. The zero-order valence-corrected chi connectivity index (χ0v) is 17.9. The summed E-state index contributed by atoms with van der Waals surface area (Å²) in [7, 11) is 0. The van der Waals surface area contributed by atoms with Crippen molar-refractivity contribution in [2.75, 3.05) is 11.9 Å². The molecule has 0 saturated carbocycles. The number of carbonyl (C=O) groups excluding carboxylic acids is 2. The third-order valence-corrected chi connectivity index (χ3v) is 5.33. The van der Waals surface area contributed by atoms with E-state index in [2.05, 4.69) is 20.2 Å². The predicted octanol–water partition coefficient (Wildman–Crippen LogP) is 4.47. The fourth-order valence-electron chi connectivity index (χ4n) is 3.59. The molecule has 2 amide bonds. The van der Waals surface area contributed by atoms with E-state index >= 15 is 0 Å². The number of rotatable bonds is 6. The lowest BCUT2D eigenvalue weighted by Crippen LogP contribution is -2.27. The largest absolute Gasteiger partial charge is 0.350 e. The number of anilines is 1. The van der Waals surface area contributed by atoms with Gasteiger partial charge in [0.15, 0.2) is 0 Å². The second-order valence-corrected chi connectivity index (χ2v) is 7.52. The minimum atomic E-state index is -0.598. The molecule has 0 bridgehead atoms. The first-order valence-electron chi connectivity index (χ1n) is 10.3. The van der Waals surface area contributed by atoms with E-state index in [4.69, 9.17) is 0 Å². The minimum Gasteiger partial charge on any atom is -0.350 e. The Kier molecular flexibility index (Phi) is 5.98. The lowest BCUT2D eigenvalue weighted by atomic mass is 10.1. The molecule has 0 fully saturated rings. The summed E-state index contributed by atoms with van der Waals surface area (Å²) < 4.78 is 16.0. The summed E-state index contributed by atoms with van der Waals surface area (Å²) in [6.07, 6.45) is 0. The number of halogens is 1. The van der Waals surface area contributed by atoms with Crippen LogP contribution in [0.25, 0.3) is 11.0 Å². The molecule has 3 aromatic carbocycles. The molecule has 0 saturated heterocycles. The second kappa shape index (κ2) is 9.01. The van der Waals surface area contributed by atoms with Crippen LogP contribution in [-0.4, -0.2) is 27.9 Å². The third-order valence-electron chi connectivity index (χ3n) is 5.33. The second-order valence-electron chi connectivity index (χ2n) is 7.52. The van der Waals surface area contributed by atoms with E-state index < -0.39 is 11.7 Å². The molecule has 32 heavy (non-hydrogen) atoms. The summed E-state index contributed by atoms with van der Waals surface area (Å²) in [4.78, 5) is 29.7. The molecule has 162 valence electrons. The maximum Gasteiger partial charge on any atom is 0.258 e. The van der Waals surface area contributed by atoms with Crippen molar-refractivity contribution in [3.63, 3.8) is 0 Å². The molecule has 0 aliphatic rings. The average Bonchev–Trinajstić information content (AvgIpc) is 3.10. The Labute approximate surface area is 185 Å². The first kappa shape index (κ1) is 21.2. The molecule has 0 aliphatic heterocycles. The number of imidazole rings is 1. The summed E-state index contributed by atoms with van der Waals surface area (Å²) in [6, 6.07) is 18.7. The summed E-state index contributed by atoms with van der Waals surface area (Å²) >= 11 is 0. The lowest BCUT2D eigenvalue weighted by molar-refractivity contribution is 0.0950. The van der Waals surface area contributed by atoms with E-state index in [1.165, 1.54) is 18.2 Å². The fraction of sp³-hybridized carbons (Fsp3) is 0.160. The third kappa shape index (κ3) is 4.37. The van der Waals surface area contributed by atoms with Gasteiger partial charge in [0.25, 0.3) is 11.8 Å². The zero-order chi connectivity index (χ0) is 22.7. The molecular weight excluding hydrogens is 407 g/mol. The standard InChI is InChI=1S/C25H23FN4O2/c1-16-11-12-18(15-22(16)29-25(32)19-7-3-4-8-20(19)26)24(31)27-13-14-30-17(2)28-21-9-5-6-10-23(21)30/h3-12,15H,13-14H2,1-2H3,(H,27,31)(H,29,32). The van der Waals surface area contributed by atoms with Crippen LogP contribution in [0.5, 0.6) is 0 Å². The lowest BCUT2D eigenvalue weighted by Gasteiger charge is -2.12. The number of fused-ring (bicyclic) bond motifs is 1. The zero-order valence-electron chi connectivity index (χ0n) is 17.9. The molecule has 1 aromatic heterocycles. The maximum atomic E-state index is 13.9. The molecule has 7 heteroatoms. The molecule has 4 aromatic rings. The molecule has 0 radical (unpaired) electrons. The van der Waals surface area contributed by atoms with Gasteiger partial charge >= 0.3 is 0 Å². The van der Waals surface area contributed by atoms with Crippen LogP contribution in [0.2, 0.25) is 0 Å². The quantitative estimate of drug-likeness (QED) is 0.474. The van der Waals surface area contributed by atoms with Crippen LogP contribution in [0, 0.1) is 19.7 Å². The average molecular weight is 430 g/mol. The predicted molar refractivity (Wildman–Crippen MR) is 122 cm³/mol. The fourth-order valence-corrected chi connectivity index (χ4v) is 3.59. The Morgan fingerprint density at radius 2 is 1.72 bits per heavy atom. The Hall–Kier alpha value is -4.00. The van der Waals surface area contributed by atoms with Gasteiger partial charge in [0.1, 0.15) is 11.6 Å². The van der Waals surface area contributed by atoms with E-state index in [0.717, 1.165) is 22.4 Å². The van der Waals surface area contributed by atoms with Gasteiger partial charge in [0.05, 0.1) is 16.6 Å². The maximum absolute atomic E-state index is 13.9. The van der Waals surface area contributed by atoms with Gasteiger partial charge in [-0.3, -0.25) is 9.59 Å². The van der Waals surface area contributed by atoms with Crippen LogP contribution < -0.4 is 10.6 Å². The number of amides is 2. The van der Waals surface area contributed by atoms with Crippen LogP contribution >= 0.6 is 0 Å². The van der Waals surface area contributed by atoms with E-state index in [0.29, 0.717) is 24.3 Å². The number of aryl methyl sites for hydroxylation is 2. The van der Waals surface area contributed by atoms with Gasteiger partial charge in [-0.05, 0) is 55.8 Å². The van der Waals surface area contributed by atoms with Crippen molar-refractivity contribution in [3.8, 4) is 0 Å². The molecule has 6 nitrogen and oxygen atoms in total. The van der Waals surface area contributed by atoms with Crippen molar-refractivity contribution in [1.29, 1.82) is 0 Å². The Morgan fingerprint density at radius 1 is 0.969 bits per heavy atom. The van der Waals surface area contributed by atoms with Gasteiger partial charge in [-0.1, -0.05) is 30.3 Å². The monoisotopic (exact) mass is 430 g/mol. The van der Waals surface area contributed by atoms with Gasteiger partial charge in [0, 0.05) is 24.3 Å². The van der Waals surface area contributed by atoms with E-state index in [-0.39, 0.29) is 11.5 Å². The highest BCUT2D eigenvalue weighted by atomic mass is 19.1. The number of hydrogen-bond acceptors (Lipinski definition) is 3. The molecule has 2 N–H and O–H groups in total. The van der Waals surface area contributed by atoms with Gasteiger partial charge in [-0.25, -0.2) is 9.37 Å². The molecule has 0 unspecified atom stereocenters. The Morgan fingerprint density at radius 3 is 2.53 bits per heavy atom. The van der Waals surface area contributed by atoms with E-state index in [9.17, 15) is 14.0 Å². The Bertz CT molecular complexity index is 1310. The van der Waals surface area contributed by atoms with Gasteiger partial charge in [-0.2, -0.15) is 0 Å². The molecule has 0 spiro atoms. The number of para-hydroxylation sites is 2. The van der Waals surface area contributed by atoms with Crippen molar-refractivity contribution in [3.05, 3.63) is 95.1 Å². The van der Waals surface area contributed by atoms with Crippen molar-refractivity contribution in [1.82, 2.24) is 14.9 Å². The summed E-state index contributed by atoms with van der Waals surface area (Å²) in [5.74, 6) is -0.535. The molecule has 4 rings (SSSR count). The topological polar surface area (TPSA) is 76.0 Å². The number of nitrogens with one attached hydrogen (secondary N) is 2.